The van der Waals surface area contributed by atoms with Crippen molar-refractivity contribution in [3.8, 4) is 0 Å². The molecule has 5 nitrogen and oxygen atoms in total. The van der Waals surface area contributed by atoms with Crippen LogP contribution < -0.4 is 11.1 Å². The highest BCUT2D eigenvalue weighted by Crippen LogP contribution is 2.27. The molecule has 0 spiro atoms. The molecule has 0 aliphatic heterocycles. The number of nitrogen functional groups attached to an aromatic ring is 1. The van der Waals surface area contributed by atoms with Crippen LogP contribution in [0.25, 0.3) is 0 Å². The topological polar surface area (TPSA) is 72.9 Å². The second kappa shape index (κ2) is 6.29. The Morgan fingerprint density at radius 2 is 2.05 bits per heavy atom. The van der Waals surface area contributed by atoms with E-state index < -0.39 is 0 Å². The second-order valence-electron chi connectivity index (χ2n) is 6.02. The normalized spacial score (nSPS) is 22.8. The number of hydrogen-bond acceptors (Lipinski definition) is 3. The molecule has 2 rings (SSSR count). The monoisotopic (exact) mass is 278 g/mol. The standard InChI is InChI=1S/C15H26N4O/c1-4-12-13(16)14(19(3)18-12)15(20)17-9-11-7-5-10(2)6-8-11/h10-11H,4-9,16H2,1-3H3,(H,17,20). The summed E-state index contributed by atoms with van der Waals surface area (Å²) in [5.74, 6) is 1.34. The molecule has 3 N–H and O–H groups in total. The number of nitrogens with two attached hydrogens (primary N) is 1. The predicted octanol–water partition coefficient (Wildman–Crippen LogP) is 2.12. The fourth-order valence-electron chi connectivity index (χ4n) is 2.98. The van der Waals surface area contributed by atoms with Crippen LogP contribution in [-0.2, 0) is 13.5 Å². The van der Waals surface area contributed by atoms with Crippen LogP contribution in [-0.4, -0.2) is 22.2 Å². The summed E-state index contributed by atoms with van der Waals surface area (Å²) >= 11 is 0. The molecule has 1 amide bonds. The fraction of sp³-hybridized carbons (Fsp3) is 0.733. The van der Waals surface area contributed by atoms with Crippen molar-refractivity contribution in [2.45, 2.75) is 46.0 Å². The molecule has 112 valence electrons. The number of hydrogen-bond donors (Lipinski definition) is 2. The maximum absolute atomic E-state index is 12.3. The molecule has 1 fully saturated rings. The van der Waals surface area contributed by atoms with E-state index in [0.29, 0.717) is 17.3 Å². The number of carbonyl (C=O) groups is 1. The molecule has 0 atom stereocenters. The van der Waals surface area contributed by atoms with E-state index >= 15 is 0 Å². The molecule has 1 aromatic heterocycles. The largest absolute Gasteiger partial charge is 0.395 e. The van der Waals surface area contributed by atoms with Crippen LogP contribution in [0.1, 0.15) is 55.7 Å². The third-order valence-corrected chi connectivity index (χ3v) is 4.40. The Kier molecular flexibility index (Phi) is 4.68. The van der Waals surface area contributed by atoms with Gasteiger partial charge in [-0.1, -0.05) is 26.7 Å². The Hall–Kier alpha value is -1.52. The first kappa shape index (κ1) is 14.9. The smallest absolute Gasteiger partial charge is 0.271 e. The zero-order valence-corrected chi connectivity index (χ0v) is 12.8. The number of rotatable bonds is 4. The lowest BCUT2D eigenvalue weighted by Gasteiger charge is -2.26. The van der Waals surface area contributed by atoms with Gasteiger partial charge in [-0.05, 0) is 31.1 Å². The SMILES string of the molecule is CCc1nn(C)c(C(=O)NCC2CCC(C)CC2)c1N. The number of nitrogens with zero attached hydrogens (tertiary/aromatic N) is 2. The molecule has 1 aliphatic carbocycles. The highest BCUT2D eigenvalue weighted by Gasteiger charge is 2.22. The lowest BCUT2D eigenvalue weighted by atomic mass is 9.83. The van der Waals surface area contributed by atoms with Crippen molar-refractivity contribution in [2.24, 2.45) is 18.9 Å². The van der Waals surface area contributed by atoms with Crippen molar-refractivity contribution in [3.63, 3.8) is 0 Å². The Morgan fingerprint density at radius 1 is 1.40 bits per heavy atom. The lowest BCUT2D eigenvalue weighted by Crippen LogP contribution is -2.32. The van der Waals surface area contributed by atoms with Crippen LogP contribution >= 0.6 is 0 Å². The zero-order chi connectivity index (χ0) is 14.7. The van der Waals surface area contributed by atoms with Crippen LogP contribution in [0.2, 0.25) is 0 Å². The Labute approximate surface area is 120 Å². The number of carbonyl (C=O) groups excluding carboxylic acids is 1. The predicted molar refractivity (Wildman–Crippen MR) is 80.5 cm³/mol. The molecule has 1 aromatic rings. The van der Waals surface area contributed by atoms with E-state index in [2.05, 4.69) is 17.3 Å². The van der Waals surface area contributed by atoms with Crippen LogP contribution in [0.4, 0.5) is 5.69 Å². The summed E-state index contributed by atoms with van der Waals surface area (Å²) in [7, 11) is 1.77. The maximum atomic E-state index is 12.3. The second-order valence-corrected chi connectivity index (χ2v) is 6.02. The van der Waals surface area contributed by atoms with E-state index in [9.17, 15) is 4.79 Å². The van der Waals surface area contributed by atoms with Gasteiger partial charge in [-0.25, -0.2) is 0 Å². The zero-order valence-electron chi connectivity index (χ0n) is 12.8. The van der Waals surface area contributed by atoms with Crippen molar-refractivity contribution in [1.82, 2.24) is 15.1 Å². The maximum Gasteiger partial charge on any atom is 0.271 e. The Morgan fingerprint density at radius 3 is 2.60 bits per heavy atom. The number of nitrogens with one attached hydrogen (secondary N) is 1. The molecular formula is C15H26N4O. The minimum Gasteiger partial charge on any atom is -0.395 e. The van der Waals surface area contributed by atoms with E-state index in [1.165, 1.54) is 25.7 Å². The van der Waals surface area contributed by atoms with E-state index in [1.54, 1.807) is 11.7 Å². The summed E-state index contributed by atoms with van der Waals surface area (Å²) in [5.41, 5.74) is 7.80. The van der Waals surface area contributed by atoms with Gasteiger partial charge in [0.05, 0.1) is 11.4 Å². The quantitative estimate of drug-likeness (QED) is 0.886. The molecule has 0 aromatic carbocycles. The number of anilines is 1. The summed E-state index contributed by atoms with van der Waals surface area (Å²) in [4.78, 5) is 12.3. The molecule has 1 aliphatic rings. The number of aromatic nitrogens is 2. The van der Waals surface area contributed by atoms with Crippen LogP contribution in [0.3, 0.4) is 0 Å². The summed E-state index contributed by atoms with van der Waals surface area (Å²) in [6, 6.07) is 0. The third-order valence-electron chi connectivity index (χ3n) is 4.40. The molecule has 1 heterocycles. The molecular weight excluding hydrogens is 252 g/mol. The number of amides is 1. The van der Waals surface area contributed by atoms with Crippen molar-refractivity contribution in [1.29, 1.82) is 0 Å². The van der Waals surface area contributed by atoms with E-state index in [0.717, 1.165) is 24.6 Å². The molecule has 0 radical (unpaired) electrons. The summed E-state index contributed by atoms with van der Waals surface area (Å²) in [6.45, 7) is 5.04. The minimum absolute atomic E-state index is 0.101. The van der Waals surface area contributed by atoms with Gasteiger partial charge in [-0.15, -0.1) is 0 Å². The van der Waals surface area contributed by atoms with Crippen LogP contribution in [0.15, 0.2) is 0 Å². The Balaban J connectivity index is 1.94. The highest BCUT2D eigenvalue weighted by atomic mass is 16.2. The highest BCUT2D eigenvalue weighted by molar-refractivity contribution is 5.97. The van der Waals surface area contributed by atoms with Crippen LogP contribution in [0, 0.1) is 11.8 Å². The van der Waals surface area contributed by atoms with Crippen molar-refractivity contribution < 1.29 is 4.79 Å². The van der Waals surface area contributed by atoms with Crippen LogP contribution in [0.5, 0.6) is 0 Å². The Bertz CT molecular complexity index is 472. The van der Waals surface area contributed by atoms with Gasteiger partial charge in [0.2, 0.25) is 0 Å². The van der Waals surface area contributed by atoms with Gasteiger partial charge >= 0.3 is 0 Å². The van der Waals surface area contributed by atoms with Gasteiger partial charge in [-0.3, -0.25) is 9.48 Å². The van der Waals surface area contributed by atoms with Crippen molar-refractivity contribution in [2.75, 3.05) is 12.3 Å². The fourth-order valence-corrected chi connectivity index (χ4v) is 2.98. The van der Waals surface area contributed by atoms with Gasteiger partial charge < -0.3 is 11.1 Å². The molecule has 0 bridgehead atoms. The first-order valence-electron chi connectivity index (χ1n) is 7.62. The van der Waals surface area contributed by atoms with E-state index in [4.69, 9.17) is 5.73 Å². The van der Waals surface area contributed by atoms with Gasteiger partial charge in [0.15, 0.2) is 0 Å². The summed E-state index contributed by atoms with van der Waals surface area (Å²) < 4.78 is 1.59. The van der Waals surface area contributed by atoms with E-state index in [-0.39, 0.29) is 5.91 Å². The molecule has 0 saturated heterocycles. The molecule has 0 unspecified atom stereocenters. The molecule has 1 saturated carbocycles. The van der Waals surface area contributed by atoms with Gasteiger partial charge in [0, 0.05) is 13.6 Å². The average Bonchev–Trinajstić information content (AvgIpc) is 2.72. The van der Waals surface area contributed by atoms with Gasteiger partial charge in [-0.2, -0.15) is 5.10 Å². The molecule has 20 heavy (non-hydrogen) atoms. The summed E-state index contributed by atoms with van der Waals surface area (Å²) in [5, 5.41) is 7.31. The first-order chi connectivity index (χ1) is 9.52. The average molecular weight is 278 g/mol. The number of aryl methyl sites for hydroxylation is 2. The van der Waals surface area contributed by atoms with Crippen molar-refractivity contribution in [3.05, 3.63) is 11.4 Å². The summed E-state index contributed by atoms with van der Waals surface area (Å²) in [6.07, 6.45) is 5.71. The minimum atomic E-state index is -0.101. The molecule has 5 heteroatoms. The first-order valence-corrected chi connectivity index (χ1v) is 7.62. The van der Waals surface area contributed by atoms with Gasteiger partial charge in [0.1, 0.15) is 5.69 Å². The van der Waals surface area contributed by atoms with Gasteiger partial charge in [0.25, 0.3) is 5.91 Å². The third kappa shape index (κ3) is 3.14. The lowest BCUT2D eigenvalue weighted by molar-refractivity contribution is 0.0933. The van der Waals surface area contributed by atoms with E-state index in [1.807, 2.05) is 6.92 Å². The van der Waals surface area contributed by atoms with Crippen molar-refractivity contribution >= 4 is 11.6 Å².